The van der Waals surface area contributed by atoms with Crippen LogP contribution in [0.4, 0.5) is 4.39 Å². The molecule has 0 saturated carbocycles. The molecule has 0 bridgehead atoms. The number of carbonyl (C=O) groups is 2. The lowest BCUT2D eigenvalue weighted by Gasteiger charge is -2.28. The SMILES string of the molecule is Cc1ccc(C(=O)NC(C(=O)O)C2CCCOC2)cc1F. The second kappa shape index (κ2) is 6.67. The minimum Gasteiger partial charge on any atom is -0.480 e. The monoisotopic (exact) mass is 295 g/mol. The molecule has 1 amide bonds. The van der Waals surface area contributed by atoms with Crippen LogP contribution in [0.5, 0.6) is 0 Å². The van der Waals surface area contributed by atoms with Gasteiger partial charge in [-0.1, -0.05) is 6.07 Å². The van der Waals surface area contributed by atoms with E-state index in [0.717, 1.165) is 12.5 Å². The zero-order valence-corrected chi connectivity index (χ0v) is 11.8. The lowest BCUT2D eigenvalue weighted by Crippen LogP contribution is -2.48. The molecule has 1 aromatic rings. The Balaban J connectivity index is 2.10. The highest BCUT2D eigenvalue weighted by atomic mass is 19.1. The molecule has 1 aromatic carbocycles. The second-order valence-corrected chi connectivity index (χ2v) is 5.23. The molecular formula is C15H18FNO4. The molecule has 2 N–H and O–H groups in total. The van der Waals surface area contributed by atoms with Crippen molar-refractivity contribution in [2.45, 2.75) is 25.8 Å². The van der Waals surface area contributed by atoms with Gasteiger partial charge in [0.05, 0.1) is 6.61 Å². The van der Waals surface area contributed by atoms with E-state index in [4.69, 9.17) is 4.74 Å². The van der Waals surface area contributed by atoms with Crippen molar-refractivity contribution in [2.75, 3.05) is 13.2 Å². The molecule has 0 aliphatic carbocycles. The van der Waals surface area contributed by atoms with E-state index in [1.807, 2.05) is 0 Å². The largest absolute Gasteiger partial charge is 0.480 e. The third kappa shape index (κ3) is 3.78. The molecule has 1 fully saturated rings. The van der Waals surface area contributed by atoms with E-state index in [9.17, 15) is 19.1 Å². The number of aliphatic carboxylic acids is 1. The molecule has 1 saturated heterocycles. The van der Waals surface area contributed by atoms with E-state index in [1.165, 1.54) is 12.1 Å². The number of carbonyl (C=O) groups excluding carboxylic acids is 1. The summed E-state index contributed by atoms with van der Waals surface area (Å²) >= 11 is 0. The van der Waals surface area contributed by atoms with E-state index in [2.05, 4.69) is 5.32 Å². The van der Waals surface area contributed by atoms with E-state index < -0.39 is 23.7 Å². The van der Waals surface area contributed by atoms with Gasteiger partial charge in [0.15, 0.2) is 0 Å². The average molecular weight is 295 g/mol. The Morgan fingerprint density at radius 3 is 2.81 bits per heavy atom. The predicted octanol–water partition coefficient (Wildman–Crippen LogP) is 1.74. The van der Waals surface area contributed by atoms with E-state index >= 15 is 0 Å². The van der Waals surface area contributed by atoms with Crippen LogP contribution in [0.25, 0.3) is 0 Å². The lowest BCUT2D eigenvalue weighted by molar-refractivity contribution is -0.142. The van der Waals surface area contributed by atoms with Gasteiger partial charge in [-0.25, -0.2) is 9.18 Å². The quantitative estimate of drug-likeness (QED) is 0.887. The van der Waals surface area contributed by atoms with Gasteiger partial charge in [0.2, 0.25) is 0 Å². The van der Waals surface area contributed by atoms with Gasteiger partial charge in [-0.3, -0.25) is 4.79 Å². The standard InChI is InChI=1S/C15H18FNO4/c1-9-4-5-10(7-12(9)16)14(18)17-13(15(19)20)11-3-2-6-21-8-11/h4-5,7,11,13H,2-3,6,8H2,1H3,(H,17,18)(H,19,20). The molecule has 0 radical (unpaired) electrons. The maximum absolute atomic E-state index is 13.5. The zero-order chi connectivity index (χ0) is 15.4. The summed E-state index contributed by atoms with van der Waals surface area (Å²) in [5.41, 5.74) is 0.545. The summed E-state index contributed by atoms with van der Waals surface area (Å²) in [6, 6.07) is 3.05. The van der Waals surface area contributed by atoms with Gasteiger partial charge in [-0.05, 0) is 37.5 Å². The molecule has 1 aliphatic rings. The Kier molecular flexibility index (Phi) is 4.90. The summed E-state index contributed by atoms with van der Waals surface area (Å²) < 4.78 is 18.7. The third-order valence-corrected chi connectivity index (χ3v) is 3.65. The van der Waals surface area contributed by atoms with Gasteiger partial charge in [0, 0.05) is 18.1 Å². The van der Waals surface area contributed by atoms with Crippen molar-refractivity contribution in [3.8, 4) is 0 Å². The van der Waals surface area contributed by atoms with Gasteiger partial charge in [-0.15, -0.1) is 0 Å². The number of aryl methyl sites for hydroxylation is 1. The third-order valence-electron chi connectivity index (χ3n) is 3.65. The van der Waals surface area contributed by atoms with Crippen molar-refractivity contribution in [3.05, 3.63) is 35.1 Å². The van der Waals surface area contributed by atoms with Gasteiger partial charge in [-0.2, -0.15) is 0 Å². The average Bonchev–Trinajstić information content (AvgIpc) is 2.48. The van der Waals surface area contributed by atoms with Crippen LogP contribution in [0.2, 0.25) is 0 Å². The van der Waals surface area contributed by atoms with E-state index in [-0.39, 0.29) is 11.5 Å². The van der Waals surface area contributed by atoms with Crippen molar-refractivity contribution in [2.24, 2.45) is 5.92 Å². The highest BCUT2D eigenvalue weighted by molar-refractivity contribution is 5.96. The first-order valence-electron chi connectivity index (χ1n) is 6.86. The van der Waals surface area contributed by atoms with Crippen LogP contribution in [-0.2, 0) is 9.53 Å². The molecule has 1 heterocycles. The molecule has 6 heteroatoms. The second-order valence-electron chi connectivity index (χ2n) is 5.23. The fraction of sp³-hybridized carbons (Fsp3) is 0.467. The van der Waals surface area contributed by atoms with Crippen LogP contribution in [-0.4, -0.2) is 36.2 Å². The maximum atomic E-state index is 13.5. The van der Waals surface area contributed by atoms with Crippen molar-refractivity contribution in [1.29, 1.82) is 0 Å². The Morgan fingerprint density at radius 1 is 1.48 bits per heavy atom. The van der Waals surface area contributed by atoms with Crippen LogP contribution < -0.4 is 5.32 Å². The number of carboxylic acid groups (broad SMARTS) is 1. The van der Waals surface area contributed by atoms with Crippen LogP contribution in [0.15, 0.2) is 18.2 Å². The van der Waals surface area contributed by atoms with Crippen molar-refractivity contribution in [3.63, 3.8) is 0 Å². The first-order chi connectivity index (χ1) is 9.99. The number of nitrogens with one attached hydrogen (secondary N) is 1. The molecule has 0 spiro atoms. The topological polar surface area (TPSA) is 75.6 Å². The first-order valence-corrected chi connectivity index (χ1v) is 6.86. The van der Waals surface area contributed by atoms with Crippen LogP contribution in [0, 0.1) is 18.7 Å². The summed E-state index contributed by atoms with van der Waals surface area (Å²) in [5, 5.41) is 11.7. The van der Waals surface area contributed by atoms with Crippen molar-refractivity contribution in [1.82, 2.24) is 5.32 Å². The minimum atomic E-state index is -1.11. The number of hydrogen-bond donors (Lipinski definition) is 2. The Hall–Kier alpha value is -1.95. The molecule has 2 unspecified atom stereocenters. The molecule has 2 rings (SSSR count). The summed E-state index contributed by atoms with van der Waals surface area (Å²) in [7, 11) is 0. The van der Waals surface area contributed by atoms with Crippen LogP contribution in [0.3, 0.4) is 0 Å². The Morgan fingerprint density at radius 2 is 2.24 bits per heavy atom. The zero-order valence-electron chi connectivity index (χ0n) is 11.8. The van der Waals surface area contributed by atoms with Gasteiger partial charge in [0.25, 0.3) is 5.91 Å². The highest BCUT2D eigenvalue weighted by Gasteiger charge is 2.31. The number of hydrogen-bond acceptors (Lipinski definition) is 3. The smallest absolute Gasteiger partial charge is 0.326 e. The molecule has 1 aliphatic heterocycles. The summed E-state index contributed by atoms with van der Waals surface area (Å²) in [4.78, 5) is 23.4. The van der Waals surface area contributed by atoms with E-state index in [0.29, 0.717) is 25.2 Å². The molecule has 0 aromatic heterocycles. The maximum Gasteiger partial charge on any atom is 0.326 e. The van der Waals surface area contributed by atoms with Crippen molar-refractivity contribution >= 4 is 11.9 Å². The predicted molar refractivity (Wildman–Crippen MR) is 73.6 cm³/mol. The van der Waals surface area contributed by atoms with Crippen LogP contribution in [0.1, 0.15) is 28.8 Å². The fourth-order valence-electron chi connectivity index (χ4n) is 2.37. The molecular weight excluding hydrogens is 277 g/mol. The normalized spacial score (nSPS) is 19.8. The van der Waals surface area contributed by atoms with Gasteiger partial charge < -0.3 is 15.2 Å². The highest BCUT2D eigenvalue weighted by Crippen LogP contribution is 2.18. The minimum absolute atomic E-state index is 0.112. The number of rotatable bonds is 4. The van der Waals surface area contributed by atoms with Gasteiger partial charge in [0.1, 0.15) is 11.9 Å². The van der Waals surface area contributed by atoms with Gasteiger partial charge >= 0.3 is 5.97 Å². The summed E-state index contributed by atoms with van der Waals surface area (Å²) in [6.07, 6.45) is 1.45. The number of ether oxygens (including phenoxy) is 1. The molecule has 2 atom stereocenters. The van der Waals surface area contributed by atoms with Crippen molar-refractivity contribution < 1.29 is 23.8 Å². The summed E-state index contributed by atoms with van der Waals surface area (Å²) in [6.45, 7) is 2.51. The van der Waals surface area contributed by atoms with Crippen LogP contribution >= 0.6 is 0 Å². The number of amides is 1. The fourth-order valence-corrected chi connectivity index (χ4v) is 2.37. The molecule has 21 heavy (non-hydrogen) atoms. The Bertz CT molecular complexity index is 540. The molecule has 5 nitrogen and oxygen atoms in total. The number of carboxylic acids is 1. The first kappa shape index (κ1) is 15.4. The number of halogens is 1. The lowest BCUT2D eigenvalue weighted by atomic mass is 9.93. The Labute approximate surface area is 122 Å². The molecule has 114 valence electrons. The van der Waals surface area contributed by atoms with E-state index in [1.54, 1.807) is 6.92 Å². The summed E-state index contributed by atoms with van der Waals surface area (Å²) in [5.74, 6) is -2.45. The number of benzene rings is 1.